The zero-order chi connectivity index (χ0) is 17.1. The third-order valence-electron chi connectivity index (χ3n) is 4.18. The number of carbonyl (C=O) groups is 1. The van der Waals surface area contributed by atoms with E-state index in [1.165, 1.54) is 11.3 Å². The van der Waals surface area contributed by atoms with Crippen LogP contribution in [0.3, 0.4) is 0 Å². The molecule has 0 radical (unpaired) electrons. The Bertz CT molecular complexity index is 732. The fourth-order valence-electron chi connectivity index (χ4n) is 3.03. The first kappa shape index (κ1) is 17.7. The van der Waals surface area contributed by atoms with Crippen LogP contribution >= 0.6 is 34.5 Å². The highest BCUT2D eigenvalue weighted by molar-refractivity contribution is 7.13. The van der Waals surface area contributed by atoms with Crippen LogP contribution in [-0.4, -0.2) is 42.5 Å². The molecule has 0 bridgehead atoms. The Balaban J connectivity index is 1.76. The number of likely N-dealkylation sites (tertiary alicyclic amines) is 1. The Kier molecular flexibility index (Phi) is 5.76. The molecule has 1 aliphatic rings. The smallest absolute Gasteiger partial charge is 0.273 e. The monoisotopic (exact) mass is 383 g/mol. The van der Waals surface area contributed by atoms with Crippen LogP contribution in [0.4, 0.5) is 0 Å². The zero-order valence-electron chi connectivity index (χ0n) is 13.4. The quantitative estimate of drug-likeness (QED) is 0.860. The summed E-state index contributed by atoms with van der Waals surface area (Å²) in [6, 6.07) is 5.30. The molecule has 0 saturated carbocycles. The van der Waals surface area contributed by atoms with Gasteiger partial charge in [0.2, 0.25) is 0 Å². The molecule has 1 N–H and O–H groups in total. The van der Waals surface area contributed by atoms with Gasteiger partial charge in [0, 0.05) is 29.1 Å². The summed E-state index contributed by atoms with van der Waals surface area (Å²) >= 11 is 13.6. The Morgan fingerprint density at radius 3 is 3.04 bits per heavy atom. The highest BCUT2D eigenvalue weighted by Crippen LogP contribution is 2.32. The lowest BCUT2D eigenvalue weighted by Gasteiger charge is -2.32. The van der Waals surface area contributed by atoms with Gasteiger partial charge in [0.05, 0.1) is 5.02 Å². The van der Waals surface area contributed by atoms with E-state index in [4.69, 9.17) is 23.2 Å². The predicted molar refractivity (Wildman–Crippen MR) is 100 cm³/mol. The molecular weight excluding hydrogens is 365 g/mol. The van der Waals surface area contributed by atoms with E-state index >= 15 is 0 Å². The third-order valence-corrected chi connectivity index (χ3v) is 5.61. The van der Waals surface area contributed by atoms with Crippen LogP contribution < -0.4 is 5.32 Å². The Morgan fingerprint density at radius 2 is 2.29 bits per heavy atom. The van der Waals surface area contributed by atoms with Crippen LogP contribution in [0.2, 0.25) is 10.0 Å². The second-order valence-corrected chi connectivity index (χ2v) is 7.68. The topological polar surface area (TPSA) is 45.2 Å². The van der Waals surface area contributed by atoms with Crippen molar-refractivity contribution in [1.82, 2.24) is 15.2 Å². The molecule has 4 nitrogen and oxygen atoms in total. The number of nitrogens with one attached hydrogen (secondary N) is 1. The van der Waals surface area contributed by atoms with Crippen LogP contribution in [0, 0.1) is 5.92 Å². The van der Waals surface area contributed by atoms with Crippen LogP contribution in [-0.2, 0) is 0 Å². The molecule has 1 aliphatic heterocycles. The molecule has 1 aromatic heterocycles. The molecule has 1 aromatic carbocycles. The lowest BCUT2D eigenvalue weighted by molar-refractivity contribution is 0.0669. The van der Waals surface area contributed by atoms with Gasteiger partial charge >= 0.3 is 0 Å². The second kappa shape index (κ2) is 7.83. The first-order valence-corrected chi connectivity index (χ1v) is 9.57. The molecule has 1 amide bonds. The van der Waals surface area contributed by atoms with E-state index in [2.05, 4.69) is 10.3 Å². The minimum Gasteiger partial charge on any atom is -0.337 e. The van der Waals surface area contributed by atoms with E-state index in [0.717, 1.165) is 43.0 Å². The third kappa shape index (κ3) is 3.91. The van der Waals surface area contributed by atoms with Crippen molar-refractivity contribution in [2.75, 3.05) is 26.7 Å². The standard InChI is InChI=1S/C17H19Cl2N3OS/c1-20-8-11-3-2-6-22(9-11)17(23)15-10-24-16(21-15)13-5-4-12(18)7-14(13)19/h4-5,7,10-11,20H,2-3,6,8-9H2,1H3. The summed E-state index contributed by atoms with van der Waals surface area (Å²) in [5, 5.41) is 6.87. The van der Waals surface area contributed by atoms with E-state index in [1.807, 2.05) is 23.4 Å². The molecular formula is C17H19Cl2N3OS. The normalized spacial score (nSPS) is 18.0. The molecule has 2 aromatic rings. The van der Waals surface area contributed by atoms with Gasteiger partial charge in [0.1, 0.15) is 10.7 Å². The number of piperidine rings is 1. The summed E-state index contributed by atoms with van der Waals surface area (Å²) in [4.78, 5) is 19.1. The minimum atomic E-state index is 0.00314. The maximum absolute atomic E-state index is 12.7. The second-order valence-electron chi connectivity index (χ2n) is 5.98. The van der Waals surface area contributed by atoms with Crippen LogP contribution in [0.1, 0.15) is 23.3 Å². The number of carbonyl (C=O) groups excluding carboxylic acids is 1. The summed E-state index contributed by atoms with van der Waals surface area (Å²) in [7, 11) is 1.95. The number of amides is 1. The highest BCUT2D eigenvalue weighted by Gasteiger charge is 2.25. The molecule has 0 aliphatic carbocycles. The van der Waals surface area contributed by atoms with Gasteiger partial charge < -0.3 is 10.2 Å². The van der Waals surface area contributed by atoms with Crippen molar-refractivity contribution in [3.8, 4) is 10.6 Å². The van der Waals surface area contributed by atoms with Crippen molar-refractivity contribution in [3.63, 3.8) is 0 Å². The fourth-order valence-corrected chi connectivity index (χ4v) is 4.41. The number of rotatable bonds is 4. The van der Waals surface area contributed by atoms with Gasteiger partial charge in [-0.1, -0.05) is 23.2 Å². The Morgan fingerprint density at radius 1 is 1.46 bits per heavy atom. The number of halogens is 2. The van der Waals surface area contributed by atoms with Crippen molar-refractivity contribution in [2.24, 2.45) is 5.92 Å². The number of aromatic nitrogens is 1. The van der Waals surface area contributed by atoms with Crippen LogP contribution in [0.5, 0.6) is 0 Å². The number of hydrogen-bond acceptors (Lipinski definition) is 4. The van der Waals surface area contributed by atoms with Crippen molar-refractivity contribution < 1.29 is 4.79 Å². The van der Waals surface area contributed by atoms with Gasteiger partial charge in [-0.05, 0) is 50.6 Å². The van der Waals surface area contributed by atoms with Crippen molar-refractivity contribution in [2.45, 2.75) is 12.8 Å². The van der Waals surface area contributed by atoms with Crippen LogP contribution in [0.15, 0.2) is 23.6 Å². The van der Waals surface area contributed by atoms with E-state index in [9.17, 15) is 4.79 Å². The van der Waals surface area contributed by atoms with Crippen molar-refractivity contribution >= 4 is 40.4 Å². The summed E-state index contributed by atoms with van der Waals surface area (Å²) in [5.74, 6) is 0.514. The molecule has 1 unspecified atom stereocenters. The fraction of sp³-hybridized carbons (Fsp3) is 0.412. The molecule has 1 fully saturated rings. The summed E-state index contributed by atoms with van der Waals surface area (Å²) in [6.07, 6.45) is 2.20. The predicted octanol–water partition coefficient (Wildman–Crippen LogP) is 4.19. The van der Waals surface area contributed by atoms with Gasteiger partial charge in [-0.15, -0.1) is 11.3 Å². The molecule has 1 atom stereocenters. The lowest BCUT2D eigenvalue weighted by atomic mass is 9.98. The van der Waals surface area contributed by atoms with Gasteiger partial charge in [-0.2, -0.15) is 0 Å². The molecule has 1 saturated heterocycles. The summed E-state index contributed by atoms with van der Waals surface area (Å²) in [6.45, 7) is 2.52. The summed E-state index contributed by atoms with van der Waals surface area (Å²) in [5.41, 5.74) is 1.29. The zero-order valence-corrected chi connectivity index (χ0v) is 15.7. The molecule has 0 spiro atoms. The molecule has 24 heavy (non-hydrogen) atoms. The van der Waals surface area contributed by atoms with E-state index in [1.54, 1.807) is 12.1 Å². The molecule has 128 valence electrons. The largest absolute Gasteiger partial charge is 0.337 e. The average Bonchev–Trinajstić information content (AvgIpc) is 3.04. The number of hydrogen-bond donors (Lipinski definition) is 1. The van der Waals surface area contributed by atoms with Crippen LogP contribution in [0.25, 0.3) is 10.6 Å². The summed E-state index contributed by atoms with van der Waals surface area (Å²) < 4.78 is 0. The Hall–Kier alpha value is -1.14. The van der Waals surface area contributed by atoms with Crippen molar-refractivity contribution in [1.29, 1.82) is 0 Å². The van der Waals surface area contributed by atoms with Gasteiger partial charge in [-0.25, -0.2) is 4.98 Å². The average molecular weight is 384 g/mol. The first-order chi connectivity index (χ1) is 11.6. The number of nitrogens with zero attached hydrogens (tertiary/aromatic N) is 2. The van der Waals surface area contributed by atoms with E-state index in [0.29, 0.717) is 21.7 Å². The lowest BCUT2D eigenvalue weighted by Crippen LogP contribution is -2.42. The SMILES string of the molecule is CNCC1CCCN(C(=O)c2csc(-c3ccc(Cl)cc3Cl)n2)C1. The number of benzene rings is 1. The van der Waals surface area contributed by atoms with Gasteiger partial charge in [0.15, 0.2) is 0 Å². The maximum atomic E-state index is 12.7. The minimum absolute atomic E-state index is 0.00314. The van der Waals surface area contributed by atoms with E-state index in [-0.39, 0.29) is 5.91 Å². The first-order valence-electron chi connectivity index (χ1n) is 7.93. The molecule has 3 rings (SSSR count). The van der Waals surface area contributed by atoms with Crippen molar-refractivity contribution in [3.05, 3.63) is 39.3 Å². The van der Waals surface area contributed by atoms with E-state index < -0.39 is 0 Å². The molecule has 7 heteroatoms. The van der Waals surface area contributed by atoms with Gasteiger partial charge in [0.25, 0.3) is 5.91 Å². The highest BCUT2D eigenvalue weighted by atomic mass is 35.5. The maximum Gasteiger partial charge on any atom is 0.273 e. The number of thiazole rings is 1. The van der Waals surface area contributed by atoms with Gasteiger partial charge in [-0.3, -0.25) is 4.79 Å². The molecule has 2 heterocycles. The Labute approximate surface area is 155 Å².